The molecule has 18 heavy (non-hydrogen) atoms. The molecule has 0 radical (unpaired) electrons. The van der Waals surface area contributed by atoms with Crippen LogP contribution in [0.1, 0.15) is 24.5 Å². The number of rotatable bonds is 3. The average molecular weight is 263 g/mol. The smallest absolute Gasteiger partial charge is 0.0912 e. The van der Waals surface area contributed by atoms with Crippen molar-refractivity contribution in [1.82, 2.24) is 5.32 Å². The second-order valence-electron chi connectivity index (χ2n) is 4.80. The molecule has 1 unspecified atom stereocenters. The summed E-state index contributed by atoms with van der Waals surface area (Å²) >= 11 is 4.65. The molecule has 1 aliphatic heterocycles. The quantitative estimate of drug-likeness (QED) is 0.818. The Hall–Kier alpha value is -0.770. The molecule has 1 atom stereocenters. The van der Waals surface area contributed by atoms with Gasteiger partial charge in [0, 0.05) is 11.4 Å². The van der Waals surface area contributed by atoms with E-state index in [4.69, 9.17) is 4.74 Å². The highest BCUT2D eigenvalue weighted by Gasteiger charge is 2.22. The molecule has 1 aromatic rings. The molecule has 1 aliphatic rings. The highest BCUT2D eigenvalue weighted by Crippen LogP contribution is 2.33. The van der Waals surface area contributed by atoms with Crippen molar-refractivity contribution in [2.45, 2.75) is 31.3 Å². The van der Waals surface area contributed by atoms with Crippen LogP contribution in [0, 0.1) is 6.92 Å². The molecule has 1 aromatic carbocycles. The van der Waals surface area contributed by atoms with Gasteiger partial charge in [0.15, 0.2) is 0 Å². The predicted octanol–water partition coefficient (Wildman–Crippen LogP) is 3.07. The number of aryl methyl sites for hydroxylation is 1. The first-order valence-electron chi connectivity index (χ1n) is 6.40. The van der Waals surface area contributed by atoms with Crippen molar-refractivity contribution < 1.29 is 4.74 Å². The van der Waals surface area contributed by atoms with E-state index in [-0.39, 0.29) is 6.10 Å². The zero-order valence-corrected chi connectivity index (χ0v) is 12.2. The SMILES string of the molecule is CNCC1OCCC(c2cccc(C)c2S)=C1C. The topological polar surface area (TPSA) is 21.3 Å². The van der Waals surface area contributed by atoms with Gasteiger partial charge >= 0.3 is 0 Å². The summed E-state index contributed by atoms with van der Waals surface area (Å²) in [7, 11) is 1.96. The summed E-state index contributed by atoms with van der Waals surface area (Å²) in [4.78, 5) is 1.09. The second kappa shape index (κ2) is 5.91. The van der Waals surface area contributed by atoms with Crippen molar-refractivity contribution in [3.63, 3.8) is 0 Å². The summed E-state index contributed by atoms with van der Waals surface area (Å²) in [6, 6.07) is 6.37. The molecule has 0 saturated heterocycles. The summed E-state index contributed by atoms with van der Waals surface area (Å²) in [6.07, 6.45) is 1.16. The number of hydrogen-bond donors (Lipinski definition) is 2. The first-order valence-corrected chi connectivity index (χ1v) is 6.84. The van der Waals surface area contributed by atoms with Crippen LogP contribution < -0.4 is 5.32 Å². The third-order valence-corrected chi connectivity index (χ3v) is 4.18. The van der Waals surface area contributed by atoms with Gasteiger partial charge in [-0.1, -0.05) is 18.2 Å². The van der Waals surface area contributed by atoms with Crippen molar-refractivity contribution >= 4 is 18.2 Å². The summed E-state index contributed by atoms with van der Waals surface area (Å²) in [5, 5.41) is 3.19. The first kappa shape index (κ1) is 13.7. The zero-order valence-electron chi connectivity index (χ0n) is 11.3. The van der Waals surface area contributed by atoms with Gasteiger partial charge in [-0.25, -0.2) is 0 Å². The van der Waals surface area contributed by atoms with E-state index in [0.29, 0.717) is 0 Å². The highest BCUT2D eigenvalue weighted by atomic mass is 32.1. The lowest BCUT2D eigenvalue weighted by molar-refractivity contribution is 0.0748. The van der Waals surface area contributed by atoms with Gasteiger partial charge in [0.25, 0.3) is 0 Å². The minimum absolute atomic E-state index is 0.187. The van der Waals surface area contributed by atoms with Gasteiger partial charge in [0.05, 0.1) is 12.7 Å². The Morgan fingerprint density at radius 1 is 1.39 bits per heavy atom. The lowest BCUT2D eigenvalue weighted by Gasteiger charge is -2.28. The Balaban J connectivity index is 2.42. The Bertz CT molecular complexity index is 468. The fourth-order valence-corrected chi connectivity index (χ4v) is 2.75. The molecule has 0 bridgehead atoms. The van der Waals surface area contributed by atoms with Crippen LogP contribution in [0.5, 0.6) is 0 Å². The van der Waals surface area contributed by atoms with Gasteiger partial charge in [-0.05, 0) is 49.6 Å². The number of benzene rings is 1. The number of thiol groups is 1. The summed E-state index contributed by atoms with van der Waals surface area (Å²) in [5.74, 6) is 0. The van der Waals surface area contributed by atoms with Crippen LogP contribution in [0.3, 0.4) is 0 Å². The van der Waals surface area contributed by atoms with Crippen molar-refractivity contribution in [3.8, 4) is 0 Å². The van der Waals surface area contributed by atoms with E-state index in [2.05, 4.69) is 50.0 Å². The van der Waals surface area contributed by atoms with E-state index in [1.54, 1.807) is 0 Å². The van der Waals surface area contributed by atoms with Crippen molar-refractivity contribution in [3.05, 3.63) is 34.9 Å². The van der Waals surface area contributed by atoms with Crippen molar-refractivity contribution in [2.24, 2.45) is 0 Å². The molecule has 0 aromatic heterocycles. The molecule has 98 valence electrons. The number of nitrogens with one attached hydrogen (secondary N) is 1. The van der Waals surface area contributed by atoms with E-state index >= 15 is 0 Å². The molecule has 0 fully saturated rings. The average Bonchev–Trinajstić information content (AvgIpc) is 2.36. The van der Waals surface area contributed by atoms with Crippen LogP contribution in [0.15, 0.2) is 28.7 Å². The fraction of sp³-hybridized carbons (Fsp3) is 0.467. The van der Waals surface area contributed by atoms with Crippen molar-refractivity contribution in [2.75, 3.05) is 20.2 Å². The molecule has 2 rings (SSSR count). The minimum atomic E-state index is 0.187. The van der Waals surface area contributed by atoms with E-state index < -0.39 is 0 Å². The molecule has 1 N–H and O–H groups in total. The third kappa shape index (κ3) is 2.63. The largest absolute Gasteiger partial charge is 0.372 e. The molecule has 0 saturated carbocycles. The van der Waals surface area contributed by atoms with Crippen LogP contribution in [0.2, 0.25) is 0 Å². The number of likely N-dealkylation sites (N-methyl/N-ethyl adjacent to an activating group) is 1. The second-order valence-corrected chi connectivity index (χ2v) is 5.25. The zero-order chi connectivity index (χ0) is 13.1. The lowest BCUT2D eigenvalue weighted by Crippen LogP contribution is -2.31. The van der Waals surface area contributed by atoms with Gasteiger partial charge in [0.1, 0.15) is 0 Å². The third-order valence-electron chi connectivity index (χ3n) is 3.58. The van der Waals surface area contributed by atoms with Crippen LogP contribution >= 0.6 is 12.6 Å². The maximum Gasteiger partial charge on any atom is 0.0912 e. The summed E-state index contributed by atoms with van der Waals surface area (Å²) < 4.78 is 5.81. The van der Waals surface area contributed by atoms with E-state index in [1.807, 2.05) is 7.05 Å². The van der Waals surface area contributed by atoms with Crippen LogP contribution in [-0.2, 0) is 4.74 Å². The lowest BCUT2D eigenvalue weighted by atomic mass is 9.92. The molecular formula is C15H21NOS. The van der Waals surface area contributed by atoms with Crippen LogP contribution in [-0.4, -0.2) is 26.3 Å². The van der Waals surface area contributed by atoms with Gasteiger partial charge in [-0.2, -0.15) is 0 Å². The fourth-order valence-electron chi connectivity index (χ4n) is 2.47. The highest BCUT2D eigenvalue weighted by molar-refractivity contribution is 7.80. The number of hydrogen-bond acceptors (Lipinski definition) is 3. The molecule has 2 nitrogen and oxygen atoms in total. The maximum atomic E-state index is 5.81. The Morgan fingerprint density at radius 2 is 2.17 bits per heavy atom. The van der Waals surface area contributed by atoms with Gasteiger partial charge in [0.2, 0.25) is 0 Å². The van der Waals surface area contributed by atoms with E-state index in [9.17, 15) is 0 Å². The predicted molar refractivity (Wildman–Crippen MR) is 79.3 cm³/mol. The standard InChI is InChI=1S/C15H21NOS/c1-10-5-4-6-13(15(10)18)12-7-8-17-14(9-16-3)11(12)2/h4-6,14,16,18H,7-9H2,1-3H3. The Labute approximate surface area is 115 Å². The Morgan fingerprint density at radius 3 is 2.89 bits per heavy atom. The van der Waals surface area contributed by atoms with E-state index in [1.165, 1.54) is 22.3 Å². The molecule has 0 aliphatic carbocycles. The molecule has 0 amide bonds. The maximum absolute atomic E-state index is 5.81. The number of ether oxygens (including phenoxy) is 1. The molecule has 1 heterocycles. The molecule has 3 heteroatoms. The van der Waals surface area contributed by atoms with Gasteiger partial charge in [-0.3, -0.25) is 0 Å². The normalized spacial score (nSPS) is 20.3. The minimum Gasteiger partial charge on any atom is -0.372 e. The van der Waals surface area contributed by atoms with Gasteiger partial charge < -0.3 is 10.1 Å². The Kier molecular flexibility index (Phi) is 4.49. The summed E-state index contributed by atoms with van der Waals surface area (Å²) in [6.45, 7) is 5.93. The van der Waals surface area contributed by atoms with E-state index in [0.717, 1.165) is 24.5 Å². The van der Waals surface area contributed by atoms with Crippen LogP contribution in [0.25, 0.3) is 5.57 Å². The summed E-state index contributed by atoms with van der Waals surface area (Å²) in [5.41, 5.74) is 5.22. The van der Waals surface area contributed by atoms with Crippen LogP contribution in [0.4, 0.5) is 0 Å². The van der Waals surface area contributed by atoms with Crippen molar-refractivity contribution in [1.29, 1.82) is 0 Å². The monoisotopic (exact) mass is 263 g/mol. The first-order chi connectivity index (χ1) is 8.65. The van der Waals surface area contributed by atoms with Gasteiger partial charge in [-0.15, -0.1) is 12.6 Å². The molecular weight excluding hydrogens is 242 g/mol. The molecule has 0 spiro atoms.